The first-order valence-electron chi connectivity index (χ1n) is 6.65. The maximum Gasteiger partial charge on any atom is 0.126 e. The quantitative estimate of drug-likeness (QED) is 0.833. The monoisotopic (exact) mass is 256 g/mol. The molecule has 0 bridgehead atoms. The Kier molecular flexibility index (Phi) is 4.93. The summed E-state index contributed by atoms with van der Waals surface area (Å²) in [5, 5.41) is 12.5. The van der Waals surface area contributed by atoms with Gasteiger partial charge < -0.3 is 10.4 Å². The summed E-state index contributed by atoms with van der Waals surface area (Å²) in [5.41, 5.74) is 2.22. The summed E-state index contributed by atoms with van der Waals surface area (Å²) < 4.78 is 0. The average molecular weight is 256 g/mol. The van der Waals surface area contributed by atoms with Crippen molar-refractivity contribution < 1.29 is 5.11 Å². The number of aliphatic hydroxyl groups is 1. The van der Waals surface area contributed by atoms with Gasteiger partial charge in [0.25, 0.3) is 0 Å². The predicted octanol–water partition coefficient (Wildman–Crippen LogP) is 3.32. The third kappa shape index (κ3) is 4.07. The third-order valence-electron chi connectivity index (χ3n) is 3.06. The normalized spacial score (nSPS) is 12.1. The SMILES string of the molecule is Cc1cccc(NC(CCCO)c2ccccc2)n1. The highest BCUT2D eigenvalue weighted by Crippen LogP contribution is 2.22. The highest BCUT2D eigenvalue weighted by molar-refractivity contribution is 5.39. The van der Waals surface area contributed by atoms with Crippen molar-refractivity contribution in [2.45, 2.75) is 25.8 Å². The highest BCUT2D eigenvalue weighted by Gasteiger charge is 2.11. The first-order valence-corrected chi connectivity index (χ1v) is 6.65. The second-order valence-electron chi connectivity index (χ2n) is 4.64. The molecule has 0 spiro atoms. The van der Waals surface area contributed by atoms with Crippen LogP contribution < -0.4 is 5.32 Å². The van der Waals surface area contributed by atoms with Crippen LogP contribution in [0.15, 0.2) is 48.5 Å². The van der Waals surface area contributed by atoms with Crippen LogP contribution in [0.1, 0.15) is 30.1 Å². The summed E-state index contributed by atoms with van der Waals surface area (Å²) in [7, 11) is 0. The van der Waals surface area contributed by atoms with Crippen LogP contribution in [0, 0.1) is 6.92 Å². The van der Waals surface area contributed by atoms with E-state index >= 15 is 0 Å². The summed E-state index contributed by atoms with van der Waals surface area (Å²) in [4.78, 5) is 4.47. The number of hydrogen-bond donors (Lipinski definition) is 2. The number of aliphatic hydroxyl groups excluding tert-OH is 1. The summed E-state index contributed by atoms with van der Waals surface area (Å²) in [6.45, 7) is 2.20. The standard InChI is InChI=1S/C16H20N2O/c1-13-7-5-11-16(17-13)18-15(10-6-12-19)14-8-3-2-4-9-14/h2-5,7-9,11,15,19H,6,10,12H2,1H3,(H,17,18). The molecule has 0 aliphatic heterocycles. The molecule has 0 radical (unpaired) electrons. The molecule has 100 valence electrons. The molecule has 0 saturated carbocycles. The molecule has 0 fully saturated rings. The zero-order valence-electron chi connectivity index (χ0n) is 11.2. The van der Waals surface area contributed by atoms with Gasteiger partial charge >= 0.3 is 0 Å². The molecular weight excluding hydrogens is 236 g/mol. The van der Waals surface area contributed by atoms with Crippen molar-refractivity contribution >= 4 is 5.82 Å². The van der Waals surface area contributed by atoms with E-state index in [9.17, 15) is 0 Å². The van der Waals surface area contributed by atoms with Gasteiger partial charge in [-0.2, -0.15) is 0 Å². The lowest BCUT2D eigenvalue weighted by Gasteiger charge is -2.19. The Morgan fingerprint density at radius 2 is 1.89 bits per heavy atom. The fraction of sp³-hybridized carbons (Fsp3) is 0.312. The van der Waals surface area contributed by atoms with Gasteiger partial charge in [-0.3, -0.25) is 0 Å². The van der Waals surface area contributed by atoms with E-state index < -0.39 is 0 Å². The van der Waals surface area contributed by atoms with Gasteiger partial charge in [-0.15, -0.1) is 0 Å². The van der Waals surface area contributed by atoms with Gasteiger partial charge in [-0.25, -0.2) is 4.98 Å². The van der Waals surface area contributed by atoms with Gasteiger partial charge in [0, 0.05) is 12.3 Å². The Labute approximate surface area is 114 Å². The van der Waals surface area contributed by atoms with E-state index in [2.05, 4.69) is 22.4 Å². The molecule has 2 aromatic rings. The maximum atomic E-state index is 9.03. The number of nitrogens with zero attached hydrogens (tertiary/aromatic N) is 1. The van der Waals surface area contributed by atoms with E-state index in [4.69, 9.17) is 5.11 Å². The Morgan fingerprint density at radius 1 is 1.11 bits per heavy atom. The summed E-state index contributed by atoms with van der Waals surface area (Å²) in [5.74, 6) is 0.881. The van der Waals surface area contributed by atoms with E-state index in [-0.39, 0.29) is 12.6 Å². The molecular formula is C16H20N2O. The lowest BCUT2D eigenvalue weighted by atomic mass is 10.0. The zero-order chi connectivity index (χ0) is 13.5. The van der Waals surface area contributed by atoms with Crippen molar-refractivity contribution in [2.75, 3.05) is 11.9 Å². The van der Waals surface area contributed by atoms with Crippen molar-refractivity contribution in [3.63, 3.8) is 0 Å². The molecule has 1 aromatic carbocycles. The smallest absolute Gasteiger partial charge is 0.126 e. The number of benzene rings is 1. The molecule has 0 amide bonds. The number of nitrogens with one attached hydrogen (secondary N) is 1. The van der Waals surface area contributed by atoms with Crippen LogP contribution in [0.4, 0.5) is 5.82 Å². The minimum Gasteiger partial charge on any atom is -0.396 e. The third-order valence-corrected chi connectivity index (χ3v) is 3.06. The Bertz CT molecular complexity index is 499. The minimum absolute atomic E-state index is 0.183. The summed E-state index contributed by atoms with van der Waals surface area (Å²) >= 11 is 0. The van der Waals surface area contributed by atoms with Crippen molar-refractivity contribution in [3.05, 3.63) is 59.8 Å². The fourth-order valence-electron chi connectivity index (χ4n) is 2.10. The van der Waals surface area contributed by atoms with E-state index in [0.29, 0.717) is 0 Å². The number of aryl methyl sites for hydroxylation is 1. The summed E-state index contributed by atoms with van der Waals surface area (Å²) in [6, 6.07) is 16.4. The van der Waals surface area contributed by atoms with Crippen LogP contribution in [0.2, 0.25) is 0 Å². The van der Waals surface area contributed by atoms with E-state index in [1.165, 1.54) is 5.56 Å². The van der Waals surface area contributed by atoms with Gasteiger partial charge in [0.15, 0.2) is 0 Å². The maximum absolute atomic E-state index is 9.03. The van der Waals surface area contributed by atoms with Crippen LogP contribution in [-0.4, -0.2) is 16.7 Å². The second-order valence-corrected chi connectivity index (χ2v) is 4.64. The van der Waals surface area contributed by atoms with Gasteiger partial charge in [-0.1, -0.05) is 36.4 Å². The molecule has 3 heteroatoms. The van der Waals surface area contributed by atoms with Gasteiger partial charge in [-0.05, 0) is 37.5 Å². The lowest BCUT2D eigenvalue weighted by Crippen LogP contribution is -2.12. The van der Waals surface area contributed by atoms with E-state index in [1.807, 2.05) is 43.3 Å². The number of hydrogen-bond acceptors (Lipinski definition) is 3. The number of aromatic nitrogens is 1. The number of pyridine rings is 1. The zero-order valence-corrected chi connectivity index (χ0v) is 11.2. The lowest BCUT2D eigenvalue weighted by molar-refractivity contribution is 0.281. The average Bonchev–Trinajstić information content (AvgIpc) is 2.44. The van der Waals surface area contributed by atoms with E-state index in [0.717, 1.165) is 24.4 Å². The van der Waals surface area contributed by atoms with Crippen LogP contribution in [0.3, 0.4) is 0 Å². The molecule has 1 aromatic heterocycles. The Morgan fingerprint density at radius 3 is 2.58 bits per heavy atom. The van der Waals surface area contributed by atoms with Crippen LogP contribution in [-0.2, 0) is 0 Å². The molecule has 3 nitrogen and oxygen atoms in total. The molecule has 1 unspecified atom stereocenters. The highest BCUT2D eigenvalue weighted by atomic mass is 16.2. The van der Waals surface area contributed by atoms with E-state index in [1.54, 1.807) is 0 Å². The second kappa shape index (κ2) is 6.90. The Balaban J connectivity index is 2.14. The number of rotatable bonds is 6. The molecule has 2 rings (SSSR count). The van der Waals surface area contributed by atoms with Crippen molar-refractivity contribution in [1.82, 2.24) is 4.98 Å². The van der Waals surface area contributed by atoms with Crippen LogP contribution in [0.25, 0.3) is 0 Å². The van der Waals surface area contributed by atoms with Gasteiger partial charge in [0.05, 0.1) is 6.04 Å². The minimum atomic E-state index is 0.183. The largest absolute Gasteiger partial charge is 0.396 e. The van der Waals surface area contributed by atoms with Crippen molar-refractivity contribution in [1.29, 1.82) is 0 Å². The number of anilines is 1. The van der Waals surface area contributed by atoms with Crippen LogP contribution in [0.5, 0.6) is 0 Å². The topological polar surface area (TPSA) is 45.1 Å². The molecule has 1 atom stereocenters. The van der Waals surface area contributed by atoms with Crippen molar-refractivity contribution in [3.8, 4) is 0 Å². The molecule has 0 aliphatic carbocycles. The van der Waals surface area contributed by atoms with Crippen LogP contribution >= 0.6 is 0 Å². The molecule has 2 N–H and O–H groups in total. The molecule has 1 heterocycles. The Hall–Kier alpha value is -1.87. The molecule has 0 saturated heterocycles. The first kappa shape index (κ1) is 13.6. The molecule has 0 aliphatic rings. The first-order chi connectivity index (χ1) is 9.29. The molecule has 19 heavy (non-hydrogen) atoms. The van der Waals surface area contributed by atoms with Crippen molar-refractivity contribution in [2.24, 2.45) is 0 Å². The van der Waals surface area contributed by atoms with Gasteiger partial charge in [0.1, 0.15) is 5.82 Å². The summed E-state index contributed by atoms with van der Waals surface area (Å²) in [6.07, 6.45) is 1.66. The fourth-order valence-corrected chi connectivity index (χ4v) is 2.10. The predicted molar refractivity (Wildman–Crippen MR) is 78.1 cm³/mol. The van der Waals surface area contributed by atoms with Gasteiger partial charge in [0.2, 0.25) is 0 Å².